The molecule has 0 aliphatic rings. The van der Waals surface area contributed by atoms with Crippen LogP contribution < -0.4 is 11.1 Å². The molecule has 1 aromatic carbocycles. The first-order chi connectivity index (χ1) is 7.58. The van der Waals surface area contributed by atoms with E-state index in [1.807, 2.05) is 32.9 Å². The zero-order chi connectivity index (χ0) is 12.1. The monoisotopic (exact) mass is 256 g/mol. The zero-order valence-electron chi connectivity index (χ0n) is 10.6. The lowest BCUT2D eigenvalue weighted by atomic mass is 10.0. The van der Waals surface area contributed by atoms with Gasteiger partial charge in [-0.15, -0.1) is 12.4 Å². The van der Waals surface area contributed by atoms with Crippen molar-refractivity contribution in [3.63, 3.8) is 0 Å². The molecule has 0 aromatic heterocycles. The quantitative estimate of drug-likeness (QED) is 0.812. The maximum Gasteiger partial charge on any atom is 0.227 e. The lowest BCUT2D eigenvalue weighted by molar-refractivity contribution is -0.120. The molecule has 3 nitrogen and oxygen atoms in total. The van der Waals surface area contributed by atoms with Crippen molar-refractivity contribution in [1.29, 1.82) is 0 Å². The van der Waals surface area contributed by atoms with Gasteiger partial charge in [-0.3, -0.25) is 4.79 Å². The van der Waals surface area contributed by atoms with Crippen LogP contribution in [0.2, 0.25) is 0 Å². The van der Waals surface area contributed by atoms with E-state index in [2.05, 4.69) is 5.32 Å². The van der Waals surface area contributed by atoms with Gasteiger partial charge in [0.2, 0.25) is 5.91 Å². The Morgan fingerprint density at radius 3 is 2.47 bits per heavy atom. The maximum absolute atomic E-state index is 11.9. The van der Waals surface area contributed by atoms with Gasteiger partial charge in [0.25, 0.3) is 0 Å². The predicted octanol–water partition coefficient (Wildman–Crippen LogP) is 3.37. The van der Waals surface area contributed by atoms with Crippen LogP contribution in [0.3, 0.4) is 0 Å². The van der Waals surface area contributed by atoms with Crippen LogP contribution in [0.5, 0.6) is 0 Å². The summed E-state index contributed by atoms with van der Waals surface area (Å²) in [7, 11) is 0. The highest BCUT2D eigenvalue weighted by Gasteiger charge is 2.14. The Kier molecular flexibility index (Phi) is 6.66. The molecule has 1 amide bonds. The van der Waals surface area contributed by atoms with Gasteiger partial charge in [-0.25, -0.2) is 0 Å². The van der Waals surface area contributed by atoms with Crippen LogP contribution in [0.15, 0.2) is 18.2 Å². The second-order valence-corrected chi connectivity index (χ2v) is 4.08. The lowest BCUT2D eigenvalue weighted by Crippen LogP contribution is -2.22. The fourth-order valence-corrected chi connectivity index (χ4v) is 1.67. The third-order valence-electron chi connectivity index (χ3n) is 2.88. The van der Waals surface area contributed by atoms with Crippen molar-refractivity contribution in [2.24, 2.45) is 5.92 Å². The van der Waals surface area contributed by atoms with Crippen molar-refractivity contribution in [3.05, 3.63) is 23.8 Å². The van der Waals surface area contributed by atoms with E-state index < -0.39 is 0 Å². The Morgan fingerprint density at radius 2 is 1.94 bits per heavy atom. The van der Waals surface area contributed by atoms with Crippen molar-refractivity contribution in [1.82, 2.24) is 0 Å². The van der Waals surface area contributed by atoms with Gasteiger partial charge in [0, 0.05) is 17.3 Å². The van der Waals surface area contributed by atoms with E-state index in [0.717, 1.165) is 24.1 Å². The van der Waals surface area contributed by atoms with Gasteiger partial charge in [-0.1, -0.05) is 19.9 Å². The number of hydrogen-bond donors (Lipinski definition) is 2. The average Bonchev–Trinajstić information content (AvgIpc) is 2.25. The Bertz CT molecular complexity index is 376. The molecule has 17 heavy (non-hydrogen) atoms. The molecule has 0 fully saturated rings. The van der Waals surface area contributed by atoms with Gasteiger partial charge in [0.15, 0.2) is 0 Å². The zero-order valence-corrected chi connectivity index (χ0v) is 11.4. The molecule has 0 bridgehead atoms. The second-order valence-electron chi connectivity index (χ2n) is 4.08. The van der Waals surface area contributed by atoms with Gasteiger partial charge in [-0.2, -0.15) is 0 Å². The largest absolute Gasteiger partial charge is 0.399 e. The molecule has 0 aliphatic heterocycles. The van der Waals surface area contributed by atoms with Crippen molar-refractivity contribution in [3.8, 4) is 0 Å². The van der Waals surface area contributed by atoms with Crippen molar-refractivity contribution >= 4 is 29.7 Å². The SMILES string of the molecule is CCC(CC)C(=O)Nc1cc(N)ccc1C.Cl. The molecule has 1 aromatic rings. The minimum atomic E-state index is 0. The summed E-state index contributed by atoms with van der Waals surface area (Å²) < 4.78 is 0. The number of aryl methyl sites for hydroxylation is 1. The first-order valence-corrected chi connectivity index (χ1v) is 5.75. The molecule has 0 spiro atoms. The van der Waals surface area contributed by atoms with Crippen LogP contribution in [-0.4, -0.2) is 5.91 Å². The molecule has 4 heteroatoms. The summed E-state index contributed by atoms with van der Waals surface area (Å²) >= 11 is 0. The Labute approximate surface area is 109 Å². The van der Waals surface area contributed by atoms with E-state index in [1.165, 1.54) is 0 Å². The van der Waals surface area contributed by atoms with Crippen LogP contribution in [0.1, 0.15) is 32.3 Å². The number of hydrogen-bond acceptors (Lipinski definition) is 2. The van der Waals surface area contributed by atoms with Gasteiger partial charge in [0.1, 0.15) is 0 Å². The summed E-state index contributed by atoms with van der Waals surface area (Å²) in [6, 6.07) is 5.55. The summed E-state index contributed by atoms with van der Waals surface area (Å²) in [6.45, 7) is 6.02. The molecule has 0 heterocycles. The smallest absolute Gasteiger partial charge is 0.227 e. The number of nitrogen functional groups attached to an aromatic ring is 1. The topological polar surface area (TPSA) is 55.1 Å². The third kappa shape index (κ3) is 4.27. The molecule has 0 aliphatic carbocycles. The van der Waals surface area contributed by atoms with Crippen LogP contribution >= 0.6 is 12.4 Å². The number of carbonyl (C=O) groups excluding carboxylic acids is 1. The number of nitrogens with two attached hydrogens (primary N) is 1. The molecule has 1 rings (SSSR count). The number of nitrogens with one attached hydrogen (secondary N) is 1. The number of amides is 1. The Hall–Kier alpha value is -1.22. The van der Waals surface area contributed by atoms with Crippen LogP contribution in [0, 0.1) is 12.8 Å². The highest BCUT2D eigenvalue weighted by Crippen LogP contribution is 2.20. The summed E-state index contributed by atoms with van der Waals surface area (Å²) in [6.07, 6.45) is 1.73. The van der Waals surface area contributed by atoms with Gasteiger partial charge >= 0.3 is 0 Å². The van der Waals surface area contributed by atoms with Gasteiger partial charge in [-0.05, 0) is 37.5 Å². The highest BCUT2D eigenvalue weighted by molar-refractivity contribution is 5.93. The average molecular weight is 257 g/mol. The van der Waals surface area contributed by atoms with E-state index in [-0.39, 0.29) is 24.2 Å². The molecule has 96 valence electrons. The first-order valence-electron chi connectivity index (χ1n) is 5.75. The van der Waals surface area contributed by atoms with E-state index in [0.29, 0.717) is 5.69 Å². The van der Waals surface area contributed by atoms with Crippen molar-refractivity contribution in [2.75, 3.05) is 11.1 Å². The molecular formula is C13H21ClN2O. The van der Waals surface area contributed by atoms with E-state index in [1.54, 1.807) is 6.07 Å². The molecule has 0 unspecified atom stereocenters. The molecule has 0 atom stereocenters. The summed E-state index contributed by atoms with van der Waals surface area (Å²) in [5.41, 5.74) is 8.22. The molecule has 3 N–H and O–H groups in total. The van der Waals surface area contributed by atoms with Crippen molar-refractivity contribution in [2.45, 2.75) is 33.6 Å². The molecular weight excluding hydrogens is 236 g/mol. The fraction of sp³-hybridized carbons (Fsp3) is 0.462. The Balaban J connectivity index is 0.00000256. The van der Waals surface area contributed by atoms with E-state index >= 15 is 0 Å². The second kappa shape index (κ2) is 7.17. The van der Waals surface area contributed by atoms with E-state index in [9.17, 15) is 4.79 Å². The number of halogens is 1. The minimum Gasteiger partial charge on any atom is -0.399 e. The third-order valence-corrected chi connectivity index (χ3v) is 2.88. The van der Waals surface area contributed by atoms with Crippen LogP contribution in [0.25, 0.3) is 0 Å². The lowest BCUT2D eigenvalue weighted by Gasteiger charge is -2.14. The molecule has 0 saturated heterocycles. The number of anilines is 2. The first kappa shape index (κ1) is 15.8. The van der Waals surface area contributed by atoms with Gasteiger partial charge in [0.05, 0.1) is 0 Å². The van der Waals surface area contributed by atoms with Crippen molar-refractivity contribution < 1.29 is 4.79 Å². The standard InChI is InChI=1S/C13H20N2O.ClH/c1-4-10(5-2)13(16)15-12-8-11(14)7-6-9(12)3;/h6-8,10H,4-5,14H2,1-3H3,(H,15,16);1H. The minimum absolute atomic E-state index is 0. The molecule has 0 radical (unpaired) electrons. The van der Waals surface area contributed by atoms with Crippen LogP contribution in [0.4, 0.5) is 11.4 Å². The summed E-state index contributed by atoms with van der Waals surface area (Å²) in [5.74, 6) is 0.166. The van der Waals surface area contributed by atoms with Gasteiger partial charge < -0.3 is 11.1 Å². The normalized spacial score (nSPS) is 9.88. The van der Waals surface area contributed by atoms with Crippen LogP contribution in [-0.2, 0) is 4.79 Å². The predicted molar refractivity (Wildman–Crippen MR) is 75.5 cm³/mol. The fourth-order valence-electron chi connectivity index (χ4n) is 1.67. The maximum atomic E-state index is 11.9. The number of rotatable bonds is 4. The summed E-state index contributed by atoms with van der Waals surface area (Å²) in [4.78, 5) is 11.9. The summed E-state index contributed by atoms with van der Waals surface area (Å²) in [5, 5.41) is 2.93. The number of benzene rings is 1. The number of carbonyl (C=O) groups is 1. The van der Waals surface area contributed by atoms with E-state index in [4.69, 9.17) is 5.73 Å². The Morgan fingerprint density at radius 1 is 1.35 bits per heavy atom. The molecule has 0 saturated carbocycles. The highest BCUT2D eigenvalue weighted by atomic mass is 35.5.